The number of benzene rings is 1. The highest BCUT2D eigenvalue weighted by molar-refractivity contribution is 5.98. The highest BCUT2D eigenvalue weighted by Gasteiger charge is 2.43. The summed E-state index contributed by atoms with van der Waals surface area (Å²) in [4.78, 5) is 71.0. The van der Waals surface area contributed by atoms with Crippen molar-refractivity contribution in [3.05, 3.63) is 52.8 Å². The Morgan fingerprint density at radius 1 is 1.07 bits per heavy atom. The maximum Gasteiger partial charge on any atom is 0.275 e. The molecule has 5 rings (SSSR count). The van der Waals surface area contributed by atoms with Gasteiger partial charge in [0, 0.05) is 43.7 Å². The molecule has 45 heavy (non-hydrogen) atoms. The van der Waals surface area contributed by atoms with Crippen molar-refractivity contribution in [3.63, 3.8) is 0 Å². The van der Waals surface area contributed by atoms with E-state index < -0.39 is 53.8 Å². The summed E-state index contributed by atoms with van der Waals surface area (Å²) < 4.78 is 0. The number of rotatable bonds is 5. The van der Waals surface area contributed by atoms with Crippen LogP contribution >= 0.6 is 0 Å². The quantitative estimate of drug-likeness (QED) is 0.314. The van der Waals surface area contributed by atoms with E-state index in [0.29, 0.717) is 12.8 Å². The van der Waals surface area contributed by atoms with Crippen molar-refractivity contribution >= 4 is 29.5 Å². The lowest BCUT2D eigenvalue weighted by Crippen LogP contribution is -2.58. The summed E-state index contributed by atoms with van der Waals surface area (Å²) in [6.45, 7) is 3.32. The maximum absolute atomic E-state index is 13.9. The van der Waals surface area contributed by atoms with Crippen LogP contribution in [0.1, 0.15) is 66.8 Å². The van der Waals surface area contributed by atoms with E-state index in [1.807, 2.05) is 44.2 Å². The predicted octanol–water partition coefficient (Wildman–Crippen LogP) is 0.0807. The molecular weight excluding hydrogens is 578 g/mol. The second-order valence-electron chi connectivity index (χ2n) is 12.3. The van der Waals surface area contributed by atoms with Crippen molar-refractivity contribution in [1.29, 1.82) is 0 Å². The molecule has 2 fully saturated rings. The standard InChI is InChI=1S/C32H43N7O6/c1-3-19(2)27-32(45)39-17-21(40)16-25(39)30(43)34-24(15-20-9-5-4-6-10-20)29(42)33-13-14-38(18-26(41)35-27)31(44)28-22-11-7-8-12-23(22)36-37-28/h4-6,9-10,19,21,24-25,27,40H,3,7-8,11-18H2,1-2H3,(H,33,42)(H,34,43)(H,35,41)(H,36,37)/t19-,21+,24-,25-,27-/m0/s1. The van der Waals surface area contributed by atoms with Crippen molar-refractivity contribution in [3.8, 4) is 0 Å². The van der Waals surface area contributed by atoms with Crippen molar-refractivity contribution in [1.82, 2.24) is 35.9 Å². The Morgan fingerprint density at radius 2 is 1.82 bits per heavy atom. The maximum atomic E-state index is 13.9. The number of carbonyl (C=O) groups is 5. The summed E-state index contributed by atoms with van der Waals surface area (Å²) in [6, 6.07) is 6.25. The molecule has 1 aliphatic carbocycles. The first-order valence-electron chi connectivity index (χ1n) is 15.9. The third-order valence-electron chi connectivity index (χ3n) is 9.14. The van der Waals surface area contributed by atoms with Gasteiger partial charge in [-0.25, -0.2) is 0 Å². The second kappa shape index (κ2) is 14.2. The number of fused-ring (bicyclic) bond motifs is 2. The molecule has 0 saturated carbocycles. The van der Waals surface area contributed by atoms with Crippen LogP contribution in [0.4, 0.5) is 0 Å². The summed E-state index contributed by atoms with van der Waals surface area (Å²) in [5.41, 5.74) is 2.86. The van der Waals surface area contributed by atoms with Gasteiger partial charge in [0.25, 0.3) is 5.91 Å². The Morgan fingerprint density at radius 3 is 2.58 bits per heavy atom. The van der Waals surface area contributed by atoms with E-state index >= 15 is 0 Å². The van der Waals surface area contributed by atoms with Crippen molar-refractivity contribution in [2.75, 3.05) is 26.2 Å². The van der Waals surface area contributed by atoms with E-state index in [1.165, 1.54) is 9.80 Å². The zero-order chi connectivity index (χ0) is 32.1. The first-order valence-corrected chi connectivity index (χ1v) is 15.9. The van der Waals surface area contributed by atoms with Crippen LogP contribution in [-0.4, -0.2) is 105 Å². The molecule has 0 bridgehead atoms. The SMILES string of the molecule is CC[C@H](C)[C@@H]1NC(=O)CN(C(=O)c2n[nH]c3c2CCCC3)CCNC(=O)[C@H](Cc2ccccc2)NC(=O)[C@@H]2C[C@@H](O)CN2C1=O. The second-order valence-corrected chi connectivity index (χ2v) is 12.3. The minimum atomic E-state index is -1.02. The Bertz CT molecular complexity index is 1410. The van der Waals surface area contributed by atoms with Gasteiger partial charge in [-0.05, 0) is 37.2 Å². The Kier molecular flexibility index (Phi) is 10.2. The number of nitrogens with one attached hydrogen (secondary N) is 4. The zero-order valence-corrected chi connectivity index (χ0v) is 25.9. The van der Waals surface area contributed by atoms with Gasteiger partial charge in [-0.15, -0.1) is 0 Å². The van der Waals surface area contributed by atoms with Crippen LogP contribution < -0.4 is 16.0 Å². The molecule has 2 aromatic rings. The Balaban J connectivity index is 1.46. The fourth-order valence-electron chi connectivity index (χ4n) is 6.38. The normalized spacial score (nSPS) is 25.7. The molecule has 0 unspecified atom stereocenters. The largest absolute Gasteiger partial charge is 0.391 e. The number of aromatic nitrogens is 2. The smallest absolute Gasteiger partial charge is 0.275 e. The molecule has 13 heteroatoms. The summed E-state index contributed by atoms with van der Waals surface area (Å²) in [6.07, 6.45) is 3.26. The molecule has 5 amide bonds. The lowest BCUT2D eigenvalue weighted by Gasteiger charge is -2.32. The molecule has 3 aliphatic rings. The summed E-state index contributed by atoms with van der Waals surface area (Å²) in [5, 5.41) is 26.2. The lowest BCUT2D eigenvalue weighted by atomic mass is 9.95. The van der Waals surface area contributed by atoms with Crippen LogP contribution in [-0.2, 0) is 38.4 Å². The fourth-order valence-corrected chi connectivity index (χ4v) is 6.38. The third kappa shape index (κ3) is 7.35. The summed E-state index contributed by atoms with van der Waals surface area (Å²) in [5.74, 6) is -2.80. The topological polar surface area (TPSA) is 177 Å². The van der Waals surface area contributed by atoms with Crippen LogP contribution in [0, 0.1) is 5.92 Å². The Hall–Kier alpha value is -4.26. The van der Waals surface area contributed by atoms with E-state index in [2.05, 4.69) is 26.1 Å². The average molecular weight is 622 g/mol. The summed E-state index contributed by atoms with van der Waals surface area (Å²) >= 11 is 0. The average Bonchev–Trinajstić information content (AvgIpc) is 3.65. The van der Waals surface area contributed by atoms with Crippen LogP contribution in [0.15, 0.2) is 30.3 Å². The number of aliphatic hydroxyl groups is 1. The minimum absolute atomic E-state index is 0.00845. The predicted molar refractivity (Wildman–Crippen MR) is 164 cm³/mol. The van der Waals surface area contributed by atoms with Gasteiger partial charge in [0.2, 0.25) is 23.6 Å². The first-order chi connectivity index (χ1) is 21.7. The molecule has 2 aliphatic heterocycles. The van der Waals surface area contributed by atoms with E-state index in [-0.39, 0.29) is 50.6 Å². The lowest BCUT2D eigenvalue weighted by molar-refractivity contribution is -0.143. The fraction of sp³-hybridized carbons (Fsp3) is 0.562. The number of aliphatic hydroxyl groups excluding tert-OH is 1. The van der Waals surface area contributed by atoms with E-state index in [1.54, 1.807) is 0 Å². The molecule has 5 N–H and O–H groups in total. The van der Waals surface area contributed by atoms with E-state index in [9.17, 15) is 29.1 Å². The van der Waals surface area contributed by atoms with E-state index in [4.69, 9.17) is 0 Å². The molecule has 1 aromatic heterocycles. The number of H-pyrrole nitrogens is 1. The molecule has 3 heterocycles. The molecule has 13 nitrogen and oxygen atoms in total. The highest BCUT2D eigenvalue weighted by Crippen LogP contribution is 2.24. The van der Waals surface area contributed by atoms with Crippen molar-refractivity contribution < 1.29 is 29.1 Å². The number of hydrogen-bond donors (Lipinski definition) is 5. The number of hydrogen-bond acceptors (Lipinski definition) is 7. The van der Waals surface area contributed by atoms with Crippen molar-refractivity contribution in [2.24, 2.45) is 5.92 Å². The Labute approximate surface area is 262 Å². The van der Waals surface area contributed by atoms with Gasteiger partial charge < -0.3 is 30.9 Å². The monoisotopic (exact) mass is 621 g/mol. The number of amides is 5. The zero-order valence-electron chi connectivity index (χ0n) is 25.9. The highest BCUT2D eigenvalue weighted by atomic mass is 16.3. The van der Waals surface area contributed by atoms with Gasteiger partial charge in [-0.1, -0.05) is 50.6 Å². The molecule has 2 saturated heterocycles. The third-order valence-corrected chi connectivity index (χ3v) is 9.14. The molecule has 0 radical (unpaired) electrons. The number of aryl methyl sites for hydroxylation is 1. The molecular formula is C32H43N7O6. The van der Waals surface area contributed by atoms with Crippen LogP contribution in [0.3, 0.4) is 0 Å². The van der Waals surface area contributed by atoms with Crippen LogP contribution in [0.2, 0.25) is 0 Å². The van der Waals surface area contributed by atoms with Gasteiger partial charge in [0.1, 0.15) is 18.1 Å². The first kappa shape index (κ1) is 32.1. The number of aromatic amines is 1. The number of carbonyl (C=O) groups excluding carboxylic acids is 5. The van der Waals surface area contributed by atoms with Gasteiger partial charge in [-0.2, -0.15) is 5.10 Å². The van der Waals surface area contributed by atoms with Crippen LogP contribution in [0.5, 0.6) is 0 Å². The van der Waals surface area contributed by atoms with Gasteiger partial charge in [-0.3, -0.25) is 29.1 Å². The number of nitrogens with zero attached hydrogens (tertiary/aromatic N) is 3. The molecule has 1 aromatic carbocycles. The molecule has 242 valence electrons. The van der Waals surface area contributed by atoms with E-state index in [0.717, 1.165) is 36.1 Å². The minimum Gasteiger partial charge on any atom is -0.391 e. The van der Waals surface area contributed by atoms with Gasteiger partial charge in [0.15, 0.2) is 5.69 Å². The van der Waals surface area contributed by atoms with Crippen LogP contribution in [0.25, 0.3) is 0 Å². The summed E-state index contributed by atoms with van der Waals surface area (Å²) in [7, 11) is 0. The van der Waals surface area contributed by atoms with Crippen molar-refractivity contribution in [2.45, 2.75) is 83.0 Å². The van der Waals surface area contributed by atoms with Gasteiger partial charge in [0.05, 0.1) is 12.6 Å². The molecule has 0 spiro atoms. The van der Waals surface area contributed by atoms with Gasteiger partial charge >= 0.3 is 0 Å². The molecule has 5 atom stereocenters.